The van der Waals surface area contributed by atoms with Crippen molar-refractivity contribution in [2.45, 2.75) is 45.8 Å². The Kier molecular flexibility index (Phi) is 30.9. The van der Waals surface area contributed by atoms with Crippen molar-refractivity contribution in [1.82, 2.24) is 0 Å². The van der Waals surface area contributed by atoms with Gasteiger partial charge < -0.3 is 20.1 Å². The third-order valence-electron chi connectivity index (χ3n) is 1.29. The van der Waals surface area contributed by atoms with E-state index in [1.54, 1.807) is 20.1 Å². The van der Waals surface area contributed by atoms with Crippen molar-refractivity contribution in [3.05, 3.63) is 0 Å². The number of nitriles is 1. The van der Waals surface area contributed by atoms with Gasteiger partial charge in [-0.05, 0) is 12.8 Å². The number of hydrogen-bond acceptors (Lipinski definition) is 5. The molecule has 0 atom stereocenters. The zero-order valence-electron chi connectivity index (χ0n) is 10.5. The smallest absolute Gasteiger partial charge is 0.151 e. The Morgan fingerprint density at radius 1 is 1.31 bits per heavy atom. The minimum absolute atomic E-state index is 0.0174. The molecule has 0 saturated carbocycles. The van der Waals surface area contributed by atoms with E-state index >= 15 is 0 Å². The SMILES string of the molecule is CCC(O)O.CCCCOC.N#CCCO. The summed E-state index contributed by atoms with van der Waals surface area (Å²) in [6.45, 7) is 4.75. The third-order valence-corrected chi connectivity index (χ3v) is 1.29. The lowest BCUT2D eigenvalue weighted by Gasteiger charge is -1.90. The van der Waals surface area contributed by atoms with Gasteiger partial charge in [0.1, 0.15) is 0 Å². The predicted molar refractivity (Wildman–Crippen MR) is 62.6 cm³/mol. The molecule has 0 amide bonds. The highest BCUT2D eigenvalue weighted by atomic mass is 16.5. The van der Waals surface area contributed by atoms with Crippen molar-refractivity contribution in [3.63, 3.8) is 0 Å². The summed E-state index contributed by atoms with van der Waals surface area (Å²) in [6.07, 6.45) is 1.97. The van der Waals surface area contributed by atoms with Crippen LogP contribution in [-0.2, 0) is 4.74 Å². The molecular formula is C11H25NO4. The Morgan fingerprint density at radius 2 is 1.81 bits per heavy atom. The number of methoxy groups -OCH3 is 1. The number of unbranched alkanes of at least 4 members (excludes halogenated alkanes) is 1. The normalized spacial score (nSPS) is 8.38. The molecule has 98 valence electrons. The maximum atomic E-state index is 7.92. The molecule has 0 rings (SSSR count). The number of aliphatic hydroxyl groups excluding tert-OH is 2. The van der Waals surface area contributed by atoms with Crippen LogP contribution in [0, 0.1) is 11.3 Å². The lowest BCUT2D eigenvalue weighted by molar-refractivity contribution is -0.0413. The molecule has 0 aliphatic rings. The van der Waals surface area contributed by atoms with E-state index in [1.807, 2.05) is 0 Å². The van der Waals surface area contributed by atoms with Gasteiger partial charge in [0.15, 0.2) is 6.29 Å². The molecule has 0 fully saturated rings. The van der Waals surface area contributed by atoms with Crippen molar-refractivity contribution in [1.29, 1.82) is 5.26 Å². The van der Waals surface area contributed by atoms with E-state index in [2.05, 4.69) is 6.92 Å². The van der Waals surface area contributed by atoms with Crippen molar-refractivity contribution in [3.8, 4) is 6.07 Å². The number of rotatable bonds is 5. The fourth-order valence-corrected chi connectivity index (χ4v) is 0.339. The molecule has 0 aliphatic heterocycles. The summed E-state index contributed by atoms with van der Waals surface area (Å²) in [4.78, 5) is 0. The summed E-state index contributed by atoms with van der Waals surface area (Å²) in [5, 5.41) is 31.3. The summed E-state index contributed by atoms with van der Waals surface area (Å²) in [5.74, 6) is 0. The minimum atomic E-state index is -1.12. The highest BCUT2D eigenvalue weighted by Gasteiger charge is 1.83. The van der Waals surface area contributed by atoms with Crippen molar-refractivity contribution in [2.24, 2.45) is 0 Å². The van der Waals surface area contributed by atoms with Crippen LogP contribution in [0.4, 0.5) is 0 Å². The van der Waals surface area contributed by atoms with E-state index in [0.29, 0.717) is 6.42 Å². The molecule has 0 aromatic heterocycles. The van der Waals surface area contributed by atoms with Crippen molar-refractivity contribution in [2.75, 3.05) is 20.3 Å². The van der Waals surface area contributed by atoms with E-state index < -0.39 is 6.29 Å². The Hall–Kier alpha value is -0.670. The molecular weight excluding hydrogens is 210 g/mol. The second-order valence-electron chi connectivity index (χ2n) is 2.87. The third kappa shape index (κ3) is 50.6. The second kappa shape index (κ2) is 23.9. The molecule has 16 heavy (non-hydrogen) atoms. The van der Waals surface area contributed by atoms with E-state index in [9.17, 15) is 0 Å². The number of hydrogen-bond donors (Lipinski definition) is 3. The predicted octanol–water partition coefficient (Wildman–Crippen LogP) is 1.03. The molecule has 0 radical (unpaired) electrons. The van der Waals surface area contributed by atoms with Crippen molar-refractivity contribution >= 4 is 0 Å². The summed E-state index contributed by atoms with van der Waals surface area (Å²) in [6, 6.07) is 1.77. The lowest BCUT2D eigenvalue weighted by atomic mass is 10.4. The molecule has 0 spiro atoms. The van der Waals surface area contributed by atoms with Gasteiger partial charge in [-0.3, -0.25) is 0 Å². The monoisotopic (exact) mass is 235 g/mol. The maximum Gasteiger partial charge on any atom is 0.151 e. The van der Waals surface area contributed by atoms with Crippen LogP contribution in [0.1, 0.15) is 39.5 Å². The lowest BCUT2D eigenvalue weighted by Crippen LogP contribution is -1.99. The first-order valence-electron chi connectivity index (χ1n) is 5.43. The number of aliphatic hydroxyl groups is 3. The Morgan fingerprint density at radius 3 is 1.88 bits per heavy atom. The topological polar surface area (TPSA) is 93.7 Å². The van der Waals surface area contributed by atoms with Crippen LogP contribution in [0.15, 0.2) is 0 Å². The van der Waals surface area contributed by atoms with Crippen LogP contribution >= 0.6 is 0 Å². The van der Waals surface area contributed by atoms with Crippen LogP contribution < -0.4 is 0 Å². The summed E-state index contributed by atoms with van der Waals surface area (Å²) in [7, 11) is 1.73. The highest BCUT2D eigenvalue weighted by molar-refractivity contribution is 4.65. The van der Waals surface area contributed by atoms with Gasteiger partial charge in [-0.2, -0.15) is 5.26 Å². The van der Waals surface area contributed by atoms with Gasteiger partial charge in [0.05, 0.1) is 19.1 Å². The highest BCUT2D eigenvalue weighted by Crippen LogP contribution is 1.83. The van der Waals surface area contributed by atoms with Gasteiger partial charge in [0.2, 0.25) is 0 Å². The van der Waals surface area contributed by atoms with Crippen LogP contribution in [0.25, 0.3) is 0 Å². The van der Waals surface area contributed by atoms with Crippen LogP contribution in [-0.4, -0.2) is 41.9 Å². The van der Waals surface area contributed by atoms with E-state index in [-0.39, 0.29) is 13.0 Å². The van der Waals surface area contributed by atoms with Crippen LogP contribution in [0.2, 0.25) is 0 Å². The molecule has 0 unspecified atom stereocenters. The fourth-order valence-electron chi connectivity index (χ4n) is 0.339. The van der Waals surface area contributed by atoms with Gasteiger partial charge in [0.25, 0.3) is 0 Å². The molecule has 0 aliphatic carbocycles. The molecule has 0 heterocycles. The zero-order valence-corrected chi connectivity index (χ0v) is 10.5. The summed E-state index contributed by atoms with van der Waals surface area (Å²) < 4.78 is 4.78. The average molecular weight is 235 g/mol. The van der Waals surface area contributed by atoms with Crippen LogP contribution in [0.5, 0.6) is 0 Å². The first kappa shape index (κ1) is 20.7. The van der Waals surface area contributed by atoms with E-state index in [1.165, 1.54) is 12.8 Å². The first-order chi connectivity index (χ1) is 7.60. The Labute approximate surface area is 98.3 Å². The van der Waals surface area contributed by atoms with Crippen LogP contribution in [0.3, 0.4) is 0 Å². The molecule has 3 N–H and O–H groups in total. The largest absolute Gasteiger partial charge is 0.395 e. The molecule has 0 saturated heterocycles. The standard InChI is InChI=1S/C5H12O.C3H5NO.C3H8O2/c1-3-4-5-6-2;4-2-1-3-5;1-2-3(4)5/h3-5H2,1-2H3;5H,1,3H2;3-5H,2H2,1H3. The summed E-state index contributed by atoms with van der Waals surface area (Å²) >= 11 is 0. The van der Waals surface area contributed by atoms with Gasteiger partial charge in [-0.25, -0.2) is 0 Å². The number of ether oxygens (including phenoxy) is 1. The fraction of sp³-hybridized carbons (Fsp3) is 0.909. The van der Waals surface area contributed by atoms with Gasteiger partial charge in [-0.15, -0.1) is 0 Å². The van der Waals surface area contributed by atoms with Gasteiger partial charge >= 0.3 is 0 Å². The van der Waals surface area contributed by atoms with Crippen molar-refractivity contribution < 1.29 is 20.1 Å². The molecule has 0 aromatic carbocycles. The molecule has 5 nitrogen and oxygen atoms in total. The zero-order chi connectivity index (χ0) is 13.2. The Balaban J connectivity index is -0.000000160. The quantitative estimate of drug-likeness (QED) is 0.489. The Bertz CT molecular complexity index is 130. The second-order valence-corrected chi connectivity index (χ2v) is 2.87. The maximum absolute atomic E-state index is 7.92. The average Bonchev–Trinajstić information content (AvgIpc) is 2.29. The van der Waals surface area contributed by atoms with Gasteiger partial charge in [-0.1, -0.05) is 20.3 Å². The molecule has 0 bridgehead atoms. The minimum Gasteiger partial charge on any atom is -0.395 e. The van der Waals surface area contributed by atoms with Gasteiger partial charge in [0, 0.05) is 13.7 Å². The van der Waals surface area contributed by atoms with E-state index in [0.717, 1.165) is 6.61 Å². The number of nitrogens with zero attached hydrogens (tertiary/aromatic N) is 1. The molecule has 5 heteroatoms. The van der Waals surface area contributed by atoms with E-state index in [4.69, 9.17) is 25.3 Å². The molecule has 0 aromatic rings. The first-order valence-corrected chi connectivity index (χ1v) is 5.43. The summed E-state index contributed by atoms with van der Waals surface area (Å²) in [5.41, 5.74) is 0.